The van der Waals surface area contributed by atoms with Gasteiger partial charge in [-0.15, -0.1) is 0 Å². The first-order valence-corrected chi connectivity index (χ1v) is 6.15. The van der Waals surface area contributed by atoms with Crippen LogP contribution in [0.3, 0.4) is 0 Å². The summed E-state index contributed by atoms with van der Waals surface area (Å²) < 4.78 is 0. The van der Waals surface area contributed by atoms with E-state index in [1.165, 1.54) is 11.8 Å². The zero-order valence-corrected chi connectivity index (χ0v) is 11.5. The second-order valence-corrected chi connectivity index (χ2v) is 4.66. The largest absolute Gasteiger partial charge is 0.384 e. The second kappa shape index (κ2) is 6.89. The van der Waals surface area contributed by atoms with Gasteiger partial charge < -0.3 is 15.3 Å². The maximum absolute atomic E-state index is 12.0. The average molecular weight is 264 g/mol. The molecule has 5 nitrogen and oxygen atoms in total. The van der Waals surface area contributed by atoms with Crippen LogP contribution < -0.4 is 5.32 Å². The Kier molecular flexibility index (Phi) is 5.51. The highest BCUT2D eigenvalue weighted by atomic mass is 16.3. The van der Waals surface area contributed by atoms with Gasteiger partial charge in [-0.1, -0.05) is 30.3 Å². The Balaban J connectivity index is 2.81. The highest BCUT2D eigenvalue weighted by molar-refractivity contribution is 5.89. The Morgan fingerprint density at radius 2 is 1.84 bits per heavy atom. The summed E-state index contributed by atoms with van der Waals surface area (Å²) in [5, 5.41) is 11.8. The topological polar surface area (TPSA) is 69.6 Å². The van der Waals surface area contributed by atoms with Crippen molar-refractivity contribution in [3.8, 4) is 0 Å². The number of aliphatic hydroxyl groups excluding tert-OH is 1. The van der Waals surface area contributed by atoms with Crippen LogP contribution in [0, 0.1) is 0 Å². The van der Waals surface area contributed by atoms with Crippen molar-refractivity contribution in [3.63, 3.8) is 0 Å². The number of hydrogen-bond acceptors (Lipinski definition) is 3. The molecular formula is C14H20N2O3. The van der Waals surface area contributed by atoms with Crippen LogP contribution in [-0.2, 0) is 16.0 Å². The smallest absolute Gasteiger partial charge is 0.249 e. The van der Waals surface area contributed by atoms with E-state index < -0.39 is 18.1 Å². The average Bonchev–Trinajstić information content (AvgIpc) is 2.37. The molecule has 0 fully saturated rings. The van der Waals surface area contributed by atoms with Gasteiger partial charge in [0.15, 0.2) is 0 Å². The molecule has 104 valence electrons. The minimum Gasteiger partial charge on any atom is -0.384 e. The standard InChI is InChI=1S/C14H20N2O3/c1-10(17)13(18)15-12(14(19)16(2)3)9-11-7-5-4-6-8-11/h4-8,10,12,17H,9H2,1-3H3,(H,15,18). The van der Waals surface area contributed by atoms with Crippen LogP contribution in [0.1, 0.15) is 12.5 Å². The zero-order chi connectivity index (χ0) is 14.4. The molecule has 2 N–H and O–H groups in total. The van der Waals surface area contributed by atoms with Crippen molar-refractivity contribution in [2.75, 3.05) is 14.1 Å². The van der Waals surface area contributed by atoms with Gasteiger partial charge in [0.2, 0.25) is 11.8 Å². The fourth-order valence-electron chi connectivity index (χ4n) is 1.65. The van der Waals surface area contributed by atoms with E-state index in [-0.39, 0.29) is 5.91 Å². The van der Waals surface area contributed by atoms with Gasteiger partial charge in [0, 0.05) is 20.5 Å². The van der Waals surface area contributed by atoms with Crippen LogP contribution in [0.15, 0.2) is 30.3 Å². The summed E-state index contributed by atoms with van der Waals surface area (Å²) in [5.74, 6) is -0.742. The lowest BCUT2D eigenvalue weighted by Crippen LogP contribution is -2.49. The molecule has 2 unspecified atom stereocenters. The monoisotopic (exact) mass is 264 g/mol. The van der Waals surface area contributed by atoms with Crippen LogP contribution in [0.5, 0.6) is 0 Å². The summed E-state index contributed by atoms with van der Waals surface area (Å²) in [5.41, 5.74) is 0.952. The predicted molar refractivity (Wildman–Crippen MR) is 72.5 cm³/mol. The molecule has 0 aliphatic rings. The van der Waals surface area contributed by atoms with Crippen LogP contribution in [0.4, 0.5) is 0 Å². The summed E-state index contributed by atoms with van der Waals surface area (Å²) in [7, 11) is 3.27. The molecule has 2 amide bonds. The van der Waals surface area contributed by atoms with E-state index in [1.807, 2.05) is 30.3 Å². The van der Waals surface area contributed by atoms with E-state index in [1.54, 1.807) is 14.1 Å². The van der Waals surface area contributed by atoms with Crippen LogP contribution in [0.2, 0.25) is 0 Å². The number of aliphatic hydroxyl groups is 1. The molecule has 0 heterocycles. The second-order valence-electron chi connectivity index (χ2n) is 4.66. The molecule has 1 aromatic rings. The van der Waals surface area contributed by atoms with Crippen molar-refractivity contribution in [3.05, 3.63) is 35.9 Å². The third kappa shape index (κ3) is 4.71. The Labute approximate surface area is 113 Å². The molecule has 0 aliphatic carbocycles. The van der Waals surface area contributed by atoms with E-state index >= 15 is 0 Å². The lowest BCUT2D eigenvalue weighted by atomic mass is 10.0. The molecule has 0 saturated heterocycles. The maximum Gasteiger partial charge on any atom is 0.249 e. The molecular weight excluding hydrogens is 244 g/mol. The molecule has 5 heteroatoms. The van der Waals surface area contributed by atoms with E-state index in [9.17, 15) is 14.7 Å². The number of likely N-dealkylation sites (N-methyl/N-ethyl adjacent to an activating group) is 1. The van der Waals surface area contributed by atoms with Crippen molar-refractivity contribution < 1.29 is 14.7 Å². The molecule has 0 aromatic heterocycles. The number of nitrogens with one attached hydrogen (secondary N) is 1. The molecule has 19 heavy (non-hydrogen) atoms. The third-order valence-corrected chi connectivity index (χ3v) is 2.72. The fraction of sp³-hybridized carbons (Fsp3) is 0.429. The molecule has 1 aromatic carbocycles. The van der Waals surface area contributed by atoms with Gasteiger partial charge in [-0.2, -0.15) is 0 Å². The van der Waals surface area contributed by atoms with Crippen LogP contribution in [-0.4, -0.2) is 48.1 Å². The first kappa shape index (κ1) is 15.2. The summed E-state index contributed by atoms with van der Waals surface area (Å²) >= 11 is 0. The van der Waals surface area contributed by atoms with E-state index in [4.69, 9.17) is 0 Å². The number of benzene rings is 1. The summed E-state index contributed by atoms with van der Waals surface area (Å²) in [6, 6.07) is 8.77. The maximum atomic E-state index is 12.0. The first-order chi connectivity index (χ1) is 8.91. The number of carbonyl (C=O) groups excluding carboxylic acids is 2. The van der Waals surface area contributed by atoms with Crippen molar-refractivity contribution >= 4 is 11.8 Å². The van der Waals surface area contributed by atoms with Gasteiger partial charge in [-0.3, -0.25) is 9.59 Å². The van der Waals surface area contributed by atoms with Gasteiger partial charge in [-0.25, -0.2) is 0 Å². The molecule has 0 aliphatic heterocycles. The van der Waals surface area contributed by atoms with E-state index in [0.717, 1.165) is 5.56 Å². The zero-order valence-electron chi connectivity index (χ0n) is 11.5. The van der Waals surface area contributed by atoms with E-state index in [2.05, 4.69) is 5.32 Å². The Morgan fingerprint density at radius 3 is 2.32 bits per heavy atom. The number of amides is 2. The SMILES string of the molecule is CC(O)C(=O)NC(Cc1ccccc1)C(=O)N(C)C. The van der Waals surface area contributed by atoms with Crippen molar-refractivity contribution in [1.29, 1.82) is 0 Å². The molecule has 2 atom stereocenters. The van der Waals surface area contributed by atoms with Crippen molar-refractivity contribution in [1.82, 2.24) is 10.2 Å². The number of hydrogen-bond donors (Lipinski definition) is 2. The highest BCUT2D eigenvalue weighted by Crippen LogP contribution is 2.05. The summed E-state index contributed by atoms with van der Waals surface area (Å²) in [4.78, 5) is 25.0. The lowest BCUT2D eigenvalue weighted by molar-refractivity contribution is -0.136. The number of nitrogens with zero attached hydrogens (tertiary/aromatic N) is 1. The summed E-state index contributed by atoms with van der Waals surface area (Å²) in [6.45, 7) is 1.37. The first-order valence-electron chi connectivity index (χ1n) is 6.15. The molecule has 1 rings (SSSR count). The Bertz CT molecular complexity index is 430. The number of rotatable bonds is 5. The van der Waals surface area contributed by atoms with Gasteiger partial charge in [0.05, 0.1) is 0 Å². The molecule has 0 radical (unpaired) electrons. The van der Waals surface area contributed by atoms with Gasteiger partial charge in [-0.05, 0) is 12.5 Å². The molecule has 0 spiro atoms. The van der Waals surface area contributed by atoms with Gasteiger partial charge >= 0.3 is 0 Å². The number of carbonyl (C=O) groups is 2. The third-order valence-electron chi connectivity index (χ3n) is 2.72. The Morgan fingerprint density at radius 1 is 1.26 bits per heavy atom. The summed E-state index contributed by atoms with van der Waals surface area (Å²) in [6.07, 6.45) is -0.732. The fourth-order valence-corrected chi connectivity index (χ4v) is 1.65. The highest BCUT2D eigenvalue weighted by Gasteiger charge is 2.24. The lowest BCUT2D eigenvalue weighted by Gasteiger charge is -2.22. The van der Waals surface area contributed by atoms with Crippen LogP contribution >= 0.6 is 0 Å². The van der Waals surface area contributed by atoms with Gasteiger partial charge in [0.1, 0.15) is 12.1 Å². The van der Waals surface area contributed by atoms with Crippen molar-refractivity contribution in [2.45, 2.75) is 25.5 Å². The molecule has 0 saturated carbocycles. The normalized spacial score (nSPS) is 13.5. The van der Waals surface area contributed by atoms with Crippen molar-refractivity contribution in [2.24, 2.45) is 0 Å². The predicted octanol–water partition coefficient (Wildman–Crippen LogP) is 0.183. The quantitative estimate of drug-likeness (QED) is 0.797. The minimum absolute atomic E-state index is 0.196. The molecule has 0 bridgehead atoms. The van der Waals surface area contributed by atoms with Crippen LogP contribution in [0.25, 0.3) is 0 Å². The Hall–Kier alpha value is -1.88. The van der Waals surface area contributed by atoms with E-state index in [0.29, 0.717) is 6.42 Å². The van der Waals surface area contributed by atoms with Gasteiger partial charge in [0.25, 0.3) is 0 Å². The minimum atomic E-state index is -1.13.